The van der Waals surface area contributed by atoms with Gasteiger partial charge in [-0.2, -0.15) is 5.10 Å². The van der Waals surface area contributed by atoms with Crippen LogP contribution in [0.2, 0.25) is 5.02 Å². The second kappa shape index (κ2) is 11.1. The highest BCUT2D eigenvalue weighted by atomic mass is 35.5. The zero-order valence-corrected chi connectivity index (χ0v) is 20.9. The predicted octanol–water partition coefficient (Wildman–Crippen LogP) is 3.73. The summed E-state index contributed by atoms with van der Waals surface area (Å²) < 4.78 is 20.2. The van der Waals surface area contributed by atoms with Gasteiger partial charge in [0.25, 0.3) is 5.91 Å². The van der Waals surface area contributed by atoms with Gasteiger partial charge in [0.1, 0.15) is 12.4 Å². The van der Waals surface area contributed by atoms with Crippen molar-refractivity contribution in [2.45, 2.75) is 25.3 Å². The Balaban J connectivity index is 1.38. The quantitative estimate of drug-likeness (QED) is 0.540. The molecule has 9 heteroatoms. The number of amides is 2. The molecular formula is C27H30ClFN4O3. The van der Waals surface area contributed by atoms with E-state index in [1.807, 2.05) is 18.2 Å². The minimum absolute atomic E-state index is 0.00792. The molecule has 7 nitrogen and oxygen atoms in total. The van der Waals surface area contributed by atoms with Crippen molar-refractivity contribution in [2.75, 3.05) is 45.9 Å². The average Bonchev–Trinajstić information content (AvgIpc) is 3.66. The van der Waals surface area contributed by atoms with Gasteiger partial charge in [-0.25, -0.2) is 9.40 Å². The van der Waals surface area contributed by atoms with E-state index >= 15 is 0 Å². The maximum atomic E-state index is 14.8. The van der Waals surface area contributed by atoms with Gasteiger partial charge >= 0.3 is 0 Å². The van der Waals surface area contributed by atoms with Crippen molar-refractivity contribution < 1.29 is 18.7 Å². The first-order valence-corrected chi connectivity index (χ1v) is 12.9. The largest absolute Gasteiger partial charge is 0.379 e. The normalized spacial score (nSPS) is 20.3. The average molecular weight is 513 g/mol. The maximum absolute atomic E-state index is 14.8. The van der Waals surface area contributed by atoms with Crippen molar-refractivity contribution in [3.63, 3.8) is 0 Å². The van der Waals surface area contributed by atoms with E-state index in [1.54, 1.807) is 29.2 Å². The number of hydrogen-bond donors (Lipinski definition) is 0. The molecule has 1 saturated carbocycles. The van der Waals surface area contributed by atoms with Crippen molar-refractivity contribution in [1.29, 1.82) is 0 Å². The number of nitrogens with zero attached hydrogens (tertiary/aromatic N) is 4. The molecule has 2 amide bonds. The second-order valence-electron chi connectivity index (χ2n) is 9.49. The summed E-state index contributed by atoms with van der Waals surface area (Å²) in [6, 6.07) is 13.1. The van der Waals surface area contributed by atoms with Crippen molar-refractivity contribution in [1.82, 2.24) is 14.8 Å². The number of carbonyl (C=O) groups excluding carboxylic acids is 2. The molecule has 0 spiro atoms. The number of carbonyl (C=O) groups is 2. The number of rotatable bonds is 8. The highest BCUT2D eigenvalue weighted by molar-refractivity contribution is 6.34. The minimum atomic E-state index is -0.609. The minimum Gasteiger partial charge on any atom is -0.379 e. The van der Waals surface area contributed by atoms with Crippen LogP contribution in [0.3, 0.4) is 0 Å². The van der Waals surface area contributed by atoms with Crippen LogP contribution in [-0.4, -0.2) is 78.3 Å². The molecule has 0 unspecified atom stereocenters. The fourth-order valence-corrected chi connectivity index (χ4v) is 5.01. The van der Waals surface area contributed by atoms with Crippen LogP contribution in [0.4, 0.5) is 4.39 Å². The highest BCUT2D eigenvalue weighted by Crippen LogP contribution is 2.36. The lowest BCUT2D eigenvalue weighted by molar-refractivity contribution is -0.142. The Labute approximate surface area is 215 Å². The molecule has 2 aromatic carbocycles. The van der Waals surface area contributed by atoms with Crippen LogP contribution in [0.25, 0.3) is 0 Å². The van der Waals surface area contributed by atoms with Crippen LogP contribution in [0.1, 0.15) is 36.4 Å². The molecule has 3 aliphatic rings. The van der Waals surface area contributed by atoms with Gasteiger partial charge in [0.2, 0.25) is 5.91 Å². The third-order valence-corrected chi connectivity index (χ3v) is 7.30. The molecule has 2 aliphatic heterocycles. The molecule has 190 valence electrons. The topological polar surface area (TPSA) is 65.5 Å². The van der Waals surface area contributed by atoms with Gasteiger partial charge in [-0.1, -0.05) is 48.0 Å². The summed E-state index contributed by atoms with van der Waals surface area (Å²) in [5.74, 6) is -0.727. The second-order valence-corrected chi connectivity index (χ2v) is 9.90. The fourth-order valence-electron chi connectivity index (χ4n) is 4.76. The lowest BCUT2D eigenvalue weighted by Crippen LogP contribution is -2.47. The van der Waals surface area contributed by atoms with Crippen LogP contribution >= 0.6 is 11.6 Å². The van der Waals surface area contributed by atoms with Crippen molar-refractivity contribution in [3.05, 3.63) is 70.5 Å². The summed E-state index contributed by atoms with van der Waals surface area (Å²) in [6.45, 7) is 4.02. The van der Waals surface area contributed by atoms with Gasteiger partial charge in [0.05, 0.1) is 25.0 Å². The fraction of sp³-hybridized carbons (Fsp3) is 0.444. The third kappa shape index (κ3) is 5.61. The molecule has 0 bridgehead atoms. The molecule has 1 aliphatic carbocycles. The Morgan fingerprint density at radius 1 is 1.08 bits per heavy atom. The van der Waals surface area contributed by atoms with E-state index in [0.717, 1.165) is 25.9 Å². The van der Waals surface area contributed by atoms with Crippen LogP contribution < -0.4 is 0 Å². The van der Waals surface area contributed by atoms with Gasteiger partial charge < -0.3 is 9.64 Å². The molecule has 0 radical (unpaired) electrons. The Morgan fingerprint density at radius 2 is 1.81 bits per heavy atom. The summed E-state index contributed by atoms with van der Waals surface area (Å²) in [7, 11) is 0. The van der Waals surface area contributed by atoms with E-state index in [9.17, 15) is 14.0 Å². The first kappa shape index (κ1) is 24.9. The van der Waals surface area contributed by atoms with Crippen molar-refractivity contribution in [2.24, 2.45) is 11.0 Å². The van der Waals surface area contributed by atoms with Gasteiger partial charge in [-0.15, -0.1) is 0 Å². The lowest BCUT2D eigenvalue weighted by Gasteiger charge is -2.31. The van der Waals surface area contributed by atoms with Crippen molar-refractivity contribution in [3.8, 4) is 0 Å². The Kier molecular flexibility index (Phi) is 7.65. The molecule has 5 rings (SSSR count). The molecule has 2 fully saturated rings. The number of hydrazone groups is 1. The first-order valence-electron chi connectivity index (χ1n) is 12.5. The molecule has 0 N–H and O–H groups in total. The van der Waals surface area contributed by atoms with Gasteiger partial charge in [0.15, 0.2) is 0 Å². The zero-order valence-electron chi connectivity index (χ0n) is 20.1. The summed E-state index contributed by atoms with van der Waals surface area (Å²) in [4.78, 5) is 30.6. The molecule has 1 atom stereocenters. The number of morpholine rings is 1. The molecule has 0 aromatic heterocycles. The van der Waals surface area contributed by atoms with Crippen LogP contribution in [-0.2, 0) is 14.3 Å². The Bertz CT molecular complexity index is 1150. The summed E-state index contributed by atoms with van der Waals surface area (Å²) in [6.07, 6.45) is 2.05. The summed E-state index contributed by atoms with van der Waals surface area (Å²) in [5, 5.41) is 6.49. The smallest absolute Gasteiger partial charge is 0.262 e. The van der Waals surface area contributed by atoms with Crippen LogP contribution in [0.5, 0.6) is 0 Å². The van der Waals surface area contributed by atoms with E-state index < -0.39 is 11.9 Å². The molecule has 2 aromatic rings. The number of benzene rings is 2. The Morgan fingerprint density at radius 3 is 2.53 bits per heavy atom. The summed E-state index contributed by atoms with van der Waals surface area (Å²) in [5.41, 5.74) is 1.73. The van der Waals surface area contributed by atoms with Gasteiger partial charge in [0, 0.05) is 54.7 Å². The molecule has 36 heavy (non-hydrogen) atoms. The van der Waals surface area contributed by atoms with Gasteiger partial charge in [-0.05, 0) is 25.0 Å². The number of hydrogen-bond acceptors (Lipinski definition) is 5. The standard InChI is InChI=1S/C27H30ClFN4O3/c28-22-7-3-1-5-20(22)24-17-25(21-6-2-4-8-23(21)29)33(30-24)26(34)18-32(27(35)19-9-10-19)12-11-31-13-15-36-16-14-31/h1-8,19,25H,9-18H2/t25-/m1/s1. The highest BCUT2D eigenvalue weighted by Gasteiger charge is 2.38. The third-order valence-electron chi connectivity index (χ3n) is 6.97. The van der Waals surface area contributed by atoms with Crippen molar-refractivity contribution >= 4 is 29.1 Å². The SMILES string of the molecule is O=C(C1CC1)N(CCN1CCOCC1)CC(=O)N1N=C(c2ccccc2Cl)C[C@@H]1c1ccccc1F. The van der Waals surface area contributed by atoms with Crippen LogP contribution in [0, 0.1) is 11.7 Å². The Hall–Kier alpha value is -2.81. The number of ether oxygens (including phenoxy) is 1. The van der Waals surface area contributed by atoms with Gasteiger partial charge in [-0.3, -0.25) is 14.5 Å². The van der Waals surface area contributed by atoms with E-state index in [1.165, 1.54) is 11.1 Å². The van der Waals surface area contributed by atoms with E-state index in [4.69, 9.17) is 16.3 Å². The van der Waals surface area contributed by atoms with E-state index in [-0.39, 0.29) is 24.3 Å². The monoisotopic (exact) mass is 512 g/mol. The van der Waals surface area contributed by atoms with Crippen LogP contribution in [0.15, 0.2) is 53.6 Å². The number of halogens is 2. The predicted molar refractivity (Wildman–Crippen MR) is 135 cm³/mol. The van der Waals surface area contributed by atoms with E-state index in [2.05, 4.69) is 10.0 Å². The molecule has 1 saturated heterocycles. The first-order chi connectivity index (χ1) is 17.5. The summed E-state index contributed by atoms with van der Waals surface area (Å²) >= 11 is 6.41. The maximum Gasteiger partial charge on any atom is 0.262 e. The molecular weight excluding hydrogens is 483 g/mol. The van der Waals surface area contributed by atoms with E-state index in [0.29, 0.717) is 54.6 Å². The molecule has 2 heterocycles. The lowest BCUT2D eigenvalue weighted by atomic mass is 9.98. The zero-order chi connectivity index (χ0) is 25.1.